The Morgan fingerprint density at radius 3 is 2.38 bits per heavy atom. The van der Waals surface area contributed by atoms with Crippen LogP contribution in [0.2, 0.25) is 0 Å². The number of carbonyl (C=O) groups is 1. The number of hydrogen-bond acceptors (Lipinski definition) is 3. The Labute approximate surface area is 123 Å². The van der Waals surface area contributed by atoms with Crippen LogP contribution in [0.25, 0.3) is 6.08 Å². The molecule has 0 unspecified atom stereocenters. The van der Waals surface area contributed by atoms with Gasteiger partial charge < -0.3 is 16.6 Å². The summed E-state index contributed by atoms with van der Waals surface area (Å²) in [7, 11) is 0. The summed E-state index contributed by atoms with van der Waals surface area (Å²) in [4.78, 5) is 13.6. The van der Waals surface area contributed by atoms with Gasteiger partial charge in [0, 0.05) is 17.8 Å². The first-order chi connectivity index (χ1) is 10.0. The molecule has 0 aliphatic heterocycles. The Balaban J connectivity index is 2.02. The van der Waals surface area contributed by atoms with Crippen molar-refractivity contribution >= 4 is 23.4 Å². The molecule has 5 heteroatoms. The van der Waals surface area contributed by atoms with E-state index in [2.05, 4.69) is 4.99 Å². The van der Waals surface area contributed by atoms with Gasteiger partial charge in [-0.2, -0.15) is 0 Å². The van der Waals surface area contributed by atoms with Crippen LogP contribution in [0.1, 0.15) is 5.56 Å². The molecule has 21 heavy (non-hydrogen) atoms. The third-order valence-corrected chi connectivity index (χ3v) is 3.02. The number of carboxylic acid groups (broad SMARTS) is 1. The summed E-state index contributed by atoms with van der Waals surface area (Å²) in [5.41, 5.74) is 14.8. The van der Waals surface area contributed by atoms with Crippen molar-refractivity contribution in [3.05, 3.63) is 59.7 Å². The van der Waals surface area contributed by atoms with E-state index in [1.807, 2.05) is 54.6 Å². The quantitative estimate of drug-likeness (QED) is 0.570. The predicted molar refractivity (Wildman–Crippen MR) is 83.6 cm³/mol. The fourth-order valence-electron chi connectivity index (χ4n) is 1.80. The van der Waals surface area contributed by atoms with Crippen molar-refractivity contribution in [3.8, 4) is 0 Å². The number of nitrogen functional groups attached to an aromatic ring is 1. The van der Waals surface area contributed by atoms with Crippen LogP contribution in [-0.4, -0.2) is 29.4 Å². The number of aliphatic carboxylic acids is 1. The first-order valence-corrected chi connectivity index (χ1v) is 6.57. The lowest BCUT2D eigenvalue weighted by Gasteiger charge is -2.02. The number of hydrogen-bond donors (Lipinski definition) is 4. The Morgan fingerprint density at radius 1 is 1.19 bits per heavy atom. The molecule has 0 heterocycles. The summed E-state index contributed by atoms with van der Waals surface area (Å²) in [6, 6.07) is 6.70. The van der Waals surface area contributed by atoms with E-state index in [1.165, 1.54) is 0 Å². The van der Waals surface area contributed by atoms with Gasteiger partial charge in [-0.15, -0.1) is 0 Å². The predicted octanol–water partition coefficient (Wildman–Crippen LogP) is -0.288. The third kappa shape index (κ3) is 4.43. The highest BCUT2D eigenvalue weighted by molar-refractivity contribution is 6.02. The molecule has 1 aromatic rings. The van der Waals surface area contributed by atoms with Crippen molar-refractivity contribution in [1.29, 1.82) is 0 Å². The minimum Gasteiger partial charge on any atom is -0.480 e. The fraction of sp³-hybridized carbons (Fsp3) is 0.125. The van der Waals surface area contributed by atoms with E-state index in [9.17, 15) is 4.79 Å². The summed E-state index contributed by atoms with van der Waals surface area (Å²) in [6.45, 7) is 0.191. The van der Waals surface area contributed by atoms with Crippen molar-refractivity contribution in [1.82, 2.24) is 0 Å². The van der Waals surface area contributed by atoms with Crippen molar-refractivity contribution in [2.75, 3.05) is 12.3 Å². The molecule has 2 rings (SSSR count). The van der Waals surface area contributed by atoms with Crippen LogP contribution in [0.15, 0.2) is 54.1 Å². The highest BCUT2D eigenvalue weighted by Gasteiger charge is 2.14. The molecule has 0 saturated carbocycles. The summed E-state index contributed by atoms with van der Waals surface area (Å²) < 4.78 is 0. The molecule has 1 aromatic carbocycles. The third-order valence-electron chi connectivity index (χ3n) is 3.02. The normalized spacial score (nSPS) is 14.9. The first-order valence-electron chi connectivity index (χ1n) is 6.57. The van der Waals surface area contributed by atoms with Gasteiger partial charge in [0.05, 0.1) is 0 Å². The molecule has 0 amide bonds. The number of anilines is 1. The lowest BCUT2D eigenvalue weighted by Crippen LogP contribution is -2.77. The van der Waals surface area contributed by atoms with Gasteiger partial charge in [0.25, 0.3) is 0 Å². The average molecular weight is 284 g/mol. The van der Waals surface area contributed by atoms with E-state index in [-0.39, 0.29) is 6.54 Å². The summed E-state index contributed by atoms with van der Waals surface area (Å²) in [5.74, 6) is -1.02. The summed E-state index contributed by atoms with van der Waals surface area (Å²) >= 11 is 0. The molecular formula is C16H18N3O2+. The Hall–Kier alpha value is -2.66. The minimum atomic E-state index is -1.02. The highest BCUT2D eigenvalue weighted by atomic mass is 16.4. The largest absolute Gasteiger partial charge is 0.480 e. The van der Waals surface area contributed by atoms with Crippen LogP contribution < -0.4 is 16.5 Å². The first kappa shape index (κ1) is 14.7. The van der Waals surface area contributed by atoms with E-state index in [0.29, 0.717) is 0 Å². The van der Waals surface area contributed by atoms with Crippen LogP contribution in [0, 0.1) is 0 Å². The van der Waals surface area contributed by atoms with Gasteiger partial charge in [0.15, 0.2) is 18.3 Å². The second-order valence-corrected chi connectivity index (χ2v) is 4.76. The van der Waals surface area contributed by atoms with E-state index in [0.717, 1.165) is 22.5 Å². The van der Waals surface area contributed by atoms with Gasteiger partial charge in [-0.1, -0.05) is 12.1 Å². The molecule has 0 fully saturated rings. The van der Waals surface area contributed by atoms with E-state index >= 15 is 0 Å². The Morgan fingerprint density at radius 2 is 1.81 bits per heavy atom. The number of nitrogens with one attached hydrogen (secondary N) is 1. The van der Waals surface area contributed by atoms with Gasteiger partial charge in [0.1, 0.15) is 0 Å². The second kappa shape index (κ2) is 6.67. The second-order valence-electron chi connectivity index (χ2n) is 4.76. The van der Waals surface area contributed by atoms with E-state index in [1.54, 1.807) is 0 Å². The standard InChI is InChI=1S/C16H17N3O2/c17-13-5-1-11(2-6-13)9-12-3-7-14(8-4-12)19-10-15(18)16(20)21/h1-9,15H,10,17-18H2,(H,20,21)/p+1/t15-/m0/s1. The molecule has 0 spiro atoms. The number of allylic oxidation sites excluding steroid dienone is 5. The molecule has 1 atom stereocenters. The topological polar surface area (TPSA) is 103 Å². The van der Waals surface area contributed by atoms with Crippen LogP contribution in [-0.2, 0) is 4.79 Å². The summed E-state index contributed by atoms with van der Waals surface area (Å²) in [5, 5.41) is 8.71. The molecule has 0 radical (unpaired) electrons. The van der Waals surface area contributed by atoms with Gasteiger partial charge in [-0.25, -0.2) is 4.99 Å². The maximum absolute atomic E-state index is 10.6. The van der Waals surface area contributed by atoms with E-state index in [4.69, 9.17) is 16.6 Å². The number of carboxylic acids is 1. The van der Waals surface area contributed by atoms with Gasteiger partial charge in [0.2, 0.25) is 0 Å². The lowest BCUT2D eigenvalue weighted by atomic mass is 10.0. The van der Waals surface area contributed by atoms with Gasteiger partial charge >= 0.3 is 5.97 Å². The van der Waals surface area contributed by atoms with E-state index < -0.39 is 12.0 Å². The van der Waals surface area contributed by atoms with Gasteiger partial charge in [-0.3, -0.25) is 4.79 Å². The maximum Gasteiger partial charge on any atom is 0.327 e. The fourth-order valence-corrected chi connectivity index (χ4v) is 1.80. The van der Waals surface area contributed by atoms with Crippen molar-refractivity contribution in [3.63, 3.8) is 0 Å². The summed E-state index contributed by atoms with van der Waals surface area (Å²) in [6.07, 6.45) is 9.71. The molecule has 0 bridgehead atoms. The average Bonchev–Trinajstić information content (AvgIpc) is 2.48. The lowest BCUT2D eigenvalue weighted by molar-refractivity contribution is -0.456. The molecule has 6 N–H and O–H groups in total. The zero-order chi connectivity index (χ0) is 15.2. The smallest absolute Gasteiger partial charge is 0.327 e. The van der Waals surface area contributed by atoms with Crippen molar-refractivity contribution in [2.24, 2.45) is 5.73 Å². The minimum absolute atomic E-state index is 0.191. The Bertz CT molecular complexity index is 622. The van der Waals surface area contributed by atoms with Crippen LogP contribution in [0.5, 0.6) is 0 Å². The zero-order valence-corrected chi connectivity index (χ0v) is 11.5. The number of nitrogens with two attached hydrogens (primary N) is 2. The van der Waals surface area contributed by atoms with Crippen LogP contribution in [0.3, 0.4) is 0 Å². The number of benzene rings is 1. The molecule has 1 aliphatic carbocycles. The van der Waals surface area contributed by atoms with Gasteiger partial charge in [-0.05, 0) is 41.5 Å². The molecule has 108 valence electrons. The monoisotopic (exact) mass is 284 g/mol. The SMILES string of the molecule is Nc1ccc(C=C2C=CC(=[NH+]C[C@H](N)C(=O)O)C=C2)cc1. The molecule has 5 nitrogen and oxygen atoms in total. The van der Waals surface area contributed by atoms with Crippen LogP contribution in [0.4, 0.5) is 5.69 Å². The maximum atomic E-state index is 10.6. The molecular weight excluding hydrogens is 266 g/mol. The molecule has 0 aromatic heterocycles. The molecule has 1 aliphatic rings. The zero-order valence-electron chi connectivity index (χ0n) is 11.5. The van der Waals surface area contributed by atoms with Crippen molar-refractivity contribution in [2.45, 2.75) is 6.04 Å². The highest BCUT2D eigenvalue weighted by Crippen LogP contribution is 2.13. The Kier molecular flexibility index (Phi) is 4.68. The number of rotatable bonds is 4. The van der Waals surface area contributed by atoms with Crippen LogP contribution >= 0.6 is 0 Å². The van der Waals surface area contributed by atoms with Crippen molar-refractivity contribution < 1.29 is 14.9 Å². The molecule has 0 saturated heterocycles.